The molecule has 0 fully saturated rings. The van der Waals surface area contributed by atoms with Crippen LogP contribution in [-0.2, 0) is 0 Å². The number of nitrogens with zero attached hydrogens (tertiary/aromatic N) is 1. The van der Waals surface area contributed by atoms with Gasteiger partial charge in [0.2, 0.25) is 0 Å². The van der Waals surface area contributed by atoms with E-state index in [1.54, 1.807) is 6.20 Å². The van der Waals surface area contributed by atoms with Gasteiger partial charge < -0.3 is 27.4 Å². The third-order valence-corrected chi connectivity index (χ3v) is 0.809. The summed E-state index contributed by atoms with van der Waals surface area (Å²) in [5.74, 6) is 0. The summed E-state index contributed by atoms with van der Waals surface area (Å²) in [6, 6.07) is 3.95. The molecule has 0 aliphatic heterocycles. The Morgan fingerprint density at radius 1 is 1.00 bits per heavy atom. The second-order valence-electron chi connectivity index (χ2n) is 1.53. The van der Waals surface area contributed by atoms with E-state index in [9.17, 15) is 0 Å². The summed E-state index contributed by atoms with van der Waals surface area (Å²) in [7, 11) is 0. The van der Waals surface area contributed by atoms with Crippen LogP contribution in [0, 0.1) is 6.92 Å². The van der Waals surface area contributed by atoms with Crippen LogP contribution in [-0.4, -0.2) is 32.4 Å². The molecule has 0 unspecified atom stereocenters. The molecular formula is C6H17NO5. The summed E-state index contributed by atoms with van der Waals surface area (Å²) < 4.78 is 0. The molecule has 0 saturated carbocycles. The molecule has 0 amide bonds. The minimum Gasteiger partial charge on any atom is -0.412 e. The van der Waals surface area contributed by atoms with Gasteiger partial charge in [-0.25, -0.2) is 0 Å². The lowest BCUT2D eigenvalue weighted by atomic mass is 10.3. The van der Waals surface area contributed by atoms with Crippen LogP contribution in [0.25, 0.3) is 0 Å². The maximum absolute atomic E-state index is 3.88. The van der Waals surface area contributed by atoms with Crippen LogP contribution >= 0.6 is 0 Å². The number of hydrogen-bond donors (Lipinski definition) is 0. The van der Waals surface area contributed by atoms with E-state index in [-0.39, 0.29) is 27.4 Å². The first kappa shape index (κ1) is 30.6. The highest BCUT2D eigenvalue weighted by Gasteiger charge is 1.73. The monoisotopic (exact) mass is 183 g/mol. The molecule has 10 N–H and O–H groups in total. The topological polar surface area (TPSA) is 170 Å². The van der Waals surface area contributed by atoms with E-state index < -0.39 is 0 Å². The minimum atomic E-state index is 0. The number of aromatic nitrogens is 1. The van der Waals surface area contributed by atoms with Gasteiger partial charge in [-0.2, -0.15) is 0 Å². The van der Waals surface area contributed by atoms with E-state index in [0.29, 0.717) is 0 Å². The largest absolute Gasteiger partial charge is 0.412 e. The number of hydrogen-bond acceptors (Lipinski definition) is 1. The van der Waals surface area contributed by atoms with Crippen molar-refractivity contribution in [3.63, 3.8) is 0 Å². The molecule has 0 radical (unpaired) electrons. The van der Waals surface area contributed by atoms with Gasteiger partial charge in [0.05, 0.1) is 0 Å². The maximum Gasteiger partial charge on any atom is 0.0297 e. The molecule has 1 aromatic rings. The van der Waals surface area contributed by atoms with Gasteiger partial charge >= 0.3 is 0 Å². The van der Waals surface area contributed by atoms with Crippen molar-refractivity contribution >= 4 is 0 Å². The van der Waals surface area contributed by atoms with Gasteiger partial charge in [-0.3, -0.25) is 4.98 Å². The molecule has 0 atom stereocenters. The van der Waals surface area contributed by atoms with Gasteiger partial charge in [-0.1, -0.05) is 6.07 Å². The zero-order valence-corrected chi connectivity index (χ0v) is 6.76. The molecular weight excluding hydrogens is 166 g/mol. The Morgan fingerprint density at radius 3 is 1.67 bits per heavy atom. The lowest BCUT2D eigenvalue weighted by Gasteiger charge is -1.82. The van der Waals surface area contributed by atoms with Crippen LogP contribution < -0.4 is 0 Å². The van der Waals surface area contributed by atoms with Crippen LogP contribution in [0.3, 0.4) is 0 Å². The average Bonchev–Trinajstić information content (AvgIpc) is 1.69. The first-order valence-electron chi connectivity index (χ1n) is 2.26. The first-order chi connectivity index (χ1) is 3.39. The van der Waals surface area contributed by atoms with Crippen LogP contribution in [0.1, 0.15) is 5.56 Å². The molecule has 1 heterocycles. The normalized spacial score (nSPS) is 5.08. The Kier molecular flexibility index (Phi) is 42.1. The Balaban J connectivity index is -0.0000000327. The van der Waals surface area contributed by atoms with E-state index in [0.717, 1.165) is 0 Å². The molecule has 0 bridgehead atoms. The van der Waals surface area contributed by atoms with E-state index in [1.165, 1.54) is 5.56 Å². The van der Waals surface area contributed by atoms with Crippen LogP contribution in [0.4, 0.5) is 0 Å². The molecule has 6 heteroatoms. The Morgan fingerprint density at radius 2 is 1.50 bits per heavy atom. The molecule has 12 heavy (non-hydrogen) atoms. The molecule has 1 aromatic heterocycles. The van der Waals surface area contributed by atoms with E-state index in [4.69, 9.17) is 0 Å². The lowest BCUT2D eigenvalue weighted by Crippen LogP contribution is -1.69. The molecule has 76 valence electrons. The van der Waals surface area contributed by atoms with Crippen molar-refractivity contribution in [2.45, 2.75) is 6.92 Å². The third kappa shape index (κ3) is 11.7. The fourth-order valence-corrected chi connectivity index (χ4v) is 0.448. The molecule has 0 aliphatic rings. The highest BCUT2D eigenvalue weighted by atomic mass is 16.0. The molecule has 1 rings (SSSR count). The van der Waals surface area contributed by atoms with Crippen molar-refractivity contribution in [3.05, 3.63) is 30.1 Å². The quantitative estimate of drug-likeness (QED) is 0.417. The van der Waals surface area contributed by atoms with Crippen LogP contribution in [0.2, 0.25) is 0 Å². The van der Waals surface area contributed by atoms with Crippen LogP contribution in [0.15, 0.2) is 24.5 Å². The number of pyridine rings is 1. The third-order valence-electron chi connectivity index (χ3n) is 0.809. The second-order valence-corrected chi connectivity index (χ2v) is 1.53. The van der Waals surface area contributed by atoms with E-state index >= 15 is 0 Å². The Labute approximate surface area is 70.4 Å². The van der Waals surface area contributed by atoms with Gasteiger partial charge in [0.15, 0.2) is 0 Å². The Bertz CT molecular complexity index is 146. The van der Waals surface area contributed by atoms with Gasteiger partial charge in [0, 0.05) is 12.4 Å². The number of aryl methyl sites for hydroxylation is 1. The fraction of sp³-hybridized carbons (Fsp3) is 0.167. The van der Waals surface area contributed by atoms with Crippen molar-refractivity contribution in [2.75, 3.05) is 0 Å². The Hall–Kier alpha value is -1.05. The van der Waals surface area contributed by atoms with Crippen molar-refractivity contribution in [1.29, 1.82) is 0 Å². The zero-order valence-electron chi connectivity index (χ0n) is 6.76. The molecule has 0 aliphatic carbocycles. The lowest BCUT2D eigenvalue weighted by molar-refractivity contribution is 0.823. The fourth-order valence-electron chi connectivity index (χ4n) is 0.448. The first-order valence-corrected chi connectivity index (χ1v) is 2.26. The smallest absolute Gasteiger partial charge is 0.0297 e. The molecule has 0 saturated heterocycles. The SMILES string of the molecule is Cc1cccnc1.O.O.O.O.O. The summed E-state index contributed by atoms with van der Waals surface area (Å²) in [6.45, 7) is 2.02. The highest BCUT2D eigenvalue weighted by molar-refractivity contribution is 5.04. The summed E-state index contributed by atoms with van der Waals surface area (Å²) >= 11 is 0. The molecule has 0 spiro atoms. The van der Waals surface area contributed by atoms with Gasteiger partial charge in [0.25, 0.3) is 0 Å². The van der Waals surface area contributed by atoms with Gasteiger partial charge in [-0.15, -0.1) is 0 Å². The maximum atomic E-state index is 3.88. The zero-order chi connectivity index (χ0) is 5.11. The van der Waals surface area contributed by atoms with Crippen molar-refractivity contribution in [1.82, 2.24) is 4.98 Å². The van der Waals surface area contributed by atoms with Gasteiger partial charge in [0.1, 0.15) is 0 Å². The summed E-state index contributed by atoms with van der Waals surface area (Å²) in [5, 5.41) is 0. The van der Waals surface area contributed by atoms with Crippen molar-refractivity contribution < 1.29 is 27.4 Å². The average molecular weight is 183 g/mol. The summed E-state index contributed by atoms with van der Waals surface area (Å²) in [5.41, 5.74) is 1.21. The molecule has 0 aromatic carbocycles. The van der Waals surface area contributed by atoms with Crippen molar-refractivity contribution in [2.24, 2.45) is 0 Å². The van der Waals surface area contributed by atoms with Crippen LogP contribution in [0.5, 0.6) is 0 Å². The van der Waals surface area contributed by atoms with Crippen molar-refractivity contribution in [3.8, 4) is 0 Å². The van der Waals surface area contributed by atoms with E-state index in [2.05, 4.69) is 4.98 Å². The minimum absolute atomic E-state index is 0. The highest BCUT2D eigenvalue weighted by Crippen LogP contribution is 1.88. The summed E-state index contributed by atoms with van der Waals surface area (Å²) in [4.78, 5) is 3.88. The van der Waals surface area contributed by atoms with E-state index in [1.807, 2.05) is 25.3 Å². The number of rotatable bonds is 0. The standard InChI is InChI=1S/C6H7N.5H2O/c1-6-3-2-4-7-5-6;;;;;/h2-5H,1H3;5*1H2. The van der Waals surface area contributed by atoms with Gasteiger partial charge in [-0.05, 0) is 18.6 Å². The predicted molar refractivity (Wildman–Crippen MR) is 47.0 cm³/mol. The molecule has 6 nitrogen and oxygen atoms in total. The second kappa shape index (κ2) is 16.5. The predicted octanol–water partition coefficient (Wildman–Crippen LogP) is -2.73. The summed E-state index contributed by atoms with van der Waals surface area (Å²) in [6.07, 6.45) is 3.60.